The van der Waals surface area contributed by atoms with E-state index in [2.05, 4.69) is 36.3 Å². The summed E-state index contributed by atoms with van der Waals surface area (Å²) in [6.07, 6.45) is 6.04. The first-order valence-electron chi connectivity index (χ1n) is 11.5. The van der Waals surface area contributed by atoms with E-state index in [9.17, 15) is 23.1 Å². The maximum atomic E-state index is 14.5. The molecule has 10 nitrogen and oxygen atoms in total. The van der Waals surface area contributed by atoms with Crippen molar-refractivity contribution in [2.75, 3.05) is 24.6 Å². The molecule has 1 unspecified atom stereocenters. The molecule has 0 bridgehead atoms. The van der Waals surface area contributed by atoms with Crippen molar-refractivity contribution in [1.29, 1.82) is 0 Å². The lowest BCUT2D eigenvalue weighted by atomic mass is 9.93. The van der Waals surface area contributed by atoms with Crippen molar-refractivity contribution in [2.24, 2.45) is 0 Å². The molecule has 2 aliphatic rings. The molecule has 2 N–H and O–H groups in total. The minimum absolute atomic E-state index is 0.0762. The summed E-state index contributed by atoms with van der Waals surface area (Å²) in [6, 6.07) is 0.401. The molecule has 1 amide bonds. The van der Waals surface area contributed by atoms with Crippen LogP contribution in [-0.4, -0.2) is 56.7 Å². The van der Waals surface area contributed by atoms with Gasteiger partial charge in [0.1, 0.15) is 12.0 Å². The number of ether oxygens (including phenoxy) is 2. The van der Waals surface area contributed by atoms with Crippen LogP contribution >= 0.6 is 15.9 Å². The first-order valence-corrected chi connectivity index (χ1v) is 12.3. The molecule has 0 spiro atoms. The van der Waals surface area contributed by atoms with E-state index in [4.69, 9.17) is 9.47 Å². The topological polar surface area (TPSA) is 115 Å². The minimum atomic E-state index is -1.32. The van der Waals surface area contributed by atoms with Crippen molar-refractivity contribution >= 4 is 28.0 Å². The lowest BCUT2D eigenvalue weighted by molar-refractivity contribution is -0.0397. The highest BCUT2D eigenvalue weighted by atomic mass is 79.9. The fourth-order valence-electron chi connectivity index (χ4n) is 4.56. The standard InChI is InChI=1S/C23H22BrF3N6O4/c24-21-19(11-33(31-21)20-3-1-2-4-36-20)37-12-7-28-22(29-8-12)32-9-14(18(10-32)30-23(34)35)13-5-16(26)17(27)6-15(13)25/h5-8,11,14,18,20,30H,1-4,9-10H2,(H,34,35)/t14-,18+,20?/m1/s1. The number of carboxylic acid groups (broad SMARTS) is 1. The monoisotopic (exact) mass is 582 g/mol. The van der Waals surface area contributed by atoms with Crippen LogP contribution in [-0.2, 0) is 4.74 Å². The van der Waals surface area contributed by atoms with Gasteiger partial charge in [0, 0.05) is 31.7 Å². The van der Waals surface area contributed by atoms with Gasteiger partial charge in [0.2, 0.25) is 5.95 Å². The summed E-state index contributed by atoms with van der Waals surface area (Å²) in [5.41, 5.74) is -0.135. The molecule has 2 aliphatic heterocycles. The van der Waals surface area contributed by atoms with E-state index < -0.39 is 35.5 Å². The van der Waals surface area contributed by atoms with Crippen LogP contribution in [0.2, 0.25) is 0 Å². The van der Waals surface area contributed by atoms with Crippen LogP contribution in [0.3, 0.4) is 0 Å². The number of carbonyl (C=O) groups is 1. The Morgan fingerprint density at radius 2 is 1.89 bits per heavy atom. The average Bonchev–Trinajstić information content (AvgIpc) is 3.45. The molecule has 3 aromatic rings. The number of aromatic nitrogens is 4. The van der Waals surface area contributed by atoms with Crippen molar-refractivity contribution in [1.82, 2.24) is 25.1 Å². The van der Waals surface area contributed by atoms with Crippen LogP contribution in [0.1, 0.15) is 37.0 Å². The summed E-state index contributed by atoms with van der Waals surface area (Å²) in [4.78, 5) is 21.5. The Hall–Kier alpha value is -3.39. The van der Waals surface area contributed by atoms with Crippen molar-refractivity contribution in [2.45, 2.75) is 37.5 Å². The Balaban J connectivity index is 1.31. The summed E-state index contributed by atoms with van der Waals surface area (Å²) in [5.74, 6) is -3.28. The highest BCUT2D eigenvalue weighted by molar-refractivity contribution is 9.10. The SMILES string of the molecule is O=C(O)N[C@H]1CN(c2ncc(Oc3cn(C4CCCCO4)nc3Br)cn2)C[C@@H]1c1cc(F)c(F)cc1F. The molecule has 1 aromatic carbocycles. The predicted octanol–water partition coefficient (Wildman–Crippen LogP) is 4.58. The first-order chi connectivity index (χ1) is 17.8. The second kappa shape index (κ2) is 10.5. The lowest BCUT2D eigenvalue weighted by Gasteiger charge is -2.22. The number of rotatable bonds is 6. The molecular formula is C23H22BrF3N6O4. The van der Waals surface area contributed by atoms with Gasteiger partial charge < -0.3 is 24.8 Å². The zero-order valence-corrected chi connectivity index (χ0v) is 20.9. The van der Waals surface area contributed by atoms with Gasteiger partial charge in [-0.1, -0.05) is 0 Å². The summed E-state index contributed by atoms with van der Waals surface area (Å²) in [5, 5.41) is 15.9. The molecule has 0 radical (unpaired) electrons. The highest BCUT2D eigenvalue weighted by Gasteiger charge is 2.38. The number of amides is 1. The Kier molecular flexibility index (Phi) is 7.20. The molecule has 2 aromatic heterocycles. The number of benzene rings is 1. The smallest absolute Gasteiger partial charge is 0.404 e. The third kappa shape index (κ3) is 5.49. The number of halogens is 4. The third-order valence-corrected chi connectivity index (χ3v) is 6.85. The number of nitrogens with one attached hydrogen (secondary N) is 1. The van der Waals surface area contributed by atoms with E-state index in [1.54, 1.807) is 15.8 Å². The number of hydrogen-bond donors (Lipinski definition) is 2. The predicted molar refractivity (Wildman–Crippen MR) is 127 cm³/mol. The zero-order chi connectivity index (χ0) is 26.1. The molecule has 37 heavy (non-hydrogen) atoms. The van der Waals surface area contributed by atoms with Crippen LogP contribution in [0.4, 0.5) is 23.9 Å². The van der Waals surface area contributed by atoms with Crippen LogP contribution in [0.15, 0.2) is 35.3 Å². The minimum Gasteiger partial charge on any atom is -0.465 e. The molecule has 2 fully saturated rings. The molecule has 3 atom stereocenters. The maximum absolute atomic E-state index is 14.5. The zero-order valence-electron chi connectivity index (χ0n) is 19.3. The van der Waals surface area contributed by atoms with Gasteiger partial charge >= 0.3 is 6.09 Å². The lowest BCUT2D eigenvalue weighted by Crippen LogP contribution is -2.39. The summed E-state index contributed by atoms with van der Waals surface area (Å²) in [6.45, 7) is 0.846. The second-order valence-corrected chi connectivity index (χ2v) is 9.51. The number of hydrogen-bond acceptors (Lipinski definition) is 7. The largest absolute Gasteiger partial charge is 0.465 e. The maximum Gasteiger partial charge on any atom is 0.404 e. The normalized spacial score (nSPS) is 21.7. The van der Waals surface area contributed by atoms with E-state index in [0.29, 0.717) is 28.8 Å². The van der Waals surface area contributed by atoms with Crippen molar-refractivity contribution < 1.29 is 32.5 Å². The van der Waals surface area contributed by atoms with Gasteiger partial charge in [-0.15, -0.1) is 0 Å². The fourth-order valence-corrected chi connectivity index (χ4v) is 4.93. The molecule has 196 valence electrons. The van der Waals surface area contributed by atoms with Crippen molar-refractivity contribution in [3.63, 3.8) is 0 Å². The third-order valence-electron chi connectivity index (χ3n) is 6.30. The van der Waals surface area contributed by atoms with E-state index in [1.165, 1.54) is 12.4 Å². The van der Waals surface area contributed by atoms with E-state index in [-0.39, 0.29) is 30.8 Å². The van der Waals surface area contributed by atoms with Crippen molar-refractivity contribution in [3.8, 4) is 11.5 Å². The Labute approximate surface area is 217 Å². The van der Waals surface area contributed by atoms with Crippen LogP contribution < -0.4 is 15.0 Å². The van der Waals surface area contributed by atoms with E-state index in [0.717, 1.165) is 25.3 Å². The number of anilines is 1. The second-order valence-electron chi connectivity index (χ2n) is 8.76. The number of nitrogens with zero attached hydrogens (tertiary/aromatic N) is 5. The van der Waals surface area contributed by atoms with Gasteiger partial charge in [0.25, 0.3) is 0 Å². The molecule has 2 saturated heterocycles. The van der Waals surface area contributed by atoms with E-state index >= 15 is 0 Å². The van der Waals surface area contributed by atoms with E-state index in [1.807, 2.05) is 0 Å². The molecule has 4 heterocycles. The average molecular weight is 583 g/mol. The first kappa shape index (κ1) is 25.3. The molecule has 0 saturated carbocycles. The highest BCUT2D eigenvalue weighted by Crippen LogP contribution is 2.34. The van der Waals surface area contributed by atoms with Gasteiger partial charge in [0.05, 0.1) is 24.6 Å². The summed E-state index contributed by atoms with van der Waals surface area (Å²) >= 11 is 3.38. The molecule has 5 rings (SSSR count). The Morgan fingerprint density at radius 1 is 1.14 bits per heavy atom. The quantitative estimate of drug-likeness (QED) is 0.406. The van der Waals surface area contributed by atoms with Gasteiger partial charge in [-0.3, -0.25) is 0 Å². The summed E-state index contributed by atoms with van der Waals surface area (Å²) in [7, 11) is 0. The fraction of sp³-hybridized carbons (Fsp3) is 0.391. The molecule has 0 aliphatic carbocycles. The molecule has 14 heteroatoms. The van der Waals surface area contributed by atoms with Crippen molar-refractivity contribution in [3.05, 3.63) is 58.3 Å². The van der Waals surface area contributed by atoms with Gasteiger partial charge in [-0.25, -0.2) is 32.6 Å². The van der Waals surface area contributed by atoms with Crippen LogP contribution in [0, 0.1) is 17.5 Å². The van der Waals surface area contributed by atoms with Gasteiger partial charge in [0.15, 0.2) is 27.7 Å². The van der Waals surface area contributed by atoms with Gasteiger partial charge in [-0.05, 0) is 46.8 Å². The molecular weight excluding hydrogens is 561 g/mol. The van der Waals surface area contributed by atoms with Crippen LogP contribution in [0.5, 0.6) is 11.5 Å². The van der Waals surface area contributed by atoms with Crippen LogP contribution in [0.25, 0.3) is 0 Å². The van der Waals surface area contributed by atoms with Gasteiger partial charge in [-0.2, -0.15) is 5.10 Å². The Morgan fingerprint density at radius 3 is 2.59 bits per heavy atom. The Bertz CT molecular complexity index is 1290. The summed E-state index contributed by atoms with van der Waals surface area (Å²) < 4.78 is 55.5.